The number of halogens is 1. The van der Waals surface area contributed by atoms with Gasteiger partial charge in [0.2, 0.25) is 5.91 Å². The molecule has 0 spiro atoms. The molecule has 4 rings (SSSR count). The summed E-state index contributed by atoms with van der Waals surface area (Å²) in [5, 5.41) is 0.254. The van der Waals surface area contributed by atoms with Crippen molar-refractivity contribution in [1.82, 2.24) is 14.4 Å². The Hall–Kier alpha value is -2.55. The lowest BCUT2D eigenvalue weighted by molar-refractivity contribution is -0.139. The summed E-state index contributed by atoms with van der Waals surface area (Å²) in [5.41, 5.74) is 4.68. The van der Waals surface area contributed by atoms with Crippen LogP contribution in [0.1, 0.15) is 22.5 Å². The fraction of sp³-hybridized carbons (Fsp3) is 0.348. The van der Waals surface area contributed by atoms with E-state index in [9.17, 15) is 14.4 Å². The van der Waals surface area contributed by atoms with E-state index < -0.39 is 11.1 Å². The van der Waals surface area contributed by atoms with E-state index in [2.05, 4.69) is 4.57 Å². The number of aryl methyl sites for hydroxylation is 2. The number of rotatable bonds is 4. The predicted octanol–water partition coefficient (Wildman–Crippen LogP) is 3.95. The lowest BCUT2D eigenvalue weighted by atomic mass is 10.2. The Morgan fingerprint density at radius 1 is 1.16 bits per heavy atom. The summed E-state index contributed by atoms with van der Waals surface area (Å²) < 4.78 is 7.31. The van der Waals surface area contributed by atoms with Gasteiger partial charge in [0.15, 0.2) is 0 Å². The van der Waals surface area contributed by atoms with Crippen LogP contribution in [-0.4, -0.2) is 64.3 Å². The molecular weight excluding hydrogens is 450 g/mol. The molecule has 2 fully saturated rings. The highest BCUT2D eigenvalue weighted by Crippen LogP contribution is 2.34. The van der Waals surface area contributed by atoms with E-state index in [1.54, 1.807) is 11.0 Å². The van der Waals surface area contributed by atoms with Crippen molar-refractivity contribution in [1.29, 1.82) is 0 Å². The molecule has 7 nitrogen and oxygen atoms in total. The molecule has 0 unspecified atom stereocenters. The molecule has 2 aliphatic rings. The van der Waals surface area contributed by atoms with Gasteiger partial charge < -0.3 is 14.2 Å². The van der Waals surface area contributed by atoms with Crippen LogP contribution in [-0.2, 0) is 14.3 Å². The molecular formula is C23H24ClN3O4S. The second kappa shape index (κ2) is 9.13. The van der Waals surface area contributed by atoms with Crippen molar-refractivity contribution in [3.63, 3.8) is 0 Å². The maximum atomic E-state index is 12.9. The summed E-state index contributed by atoms with van der Waals surface area (Å²) in [6, 6.07) is 7.84. The molecule has 3 amide bonds. The molecule has 2 saturated heterocycles. The van der Waals surface area contributed by atoms with Gasteiger partial charge in [-0.1, -0.05) is 17.7 Å². The topological polar surface area (TPSA) is 71.8 Å². The van der Waals surface area contributed by atoms with E-state index in [0.29, 0.717) is 36.2 Å². The third-order valence-corrected chi connectivity index (χ3v) is 7.02. The Balaban J connectivity index is 1.56. The molecule has 168 valence electrons. The second-order valence-electron chi connectivity index (χ2n) is 7.86. The first-order chi connectivity index (χ1) is 15.3. The highest BCUT2D eigenvalue weighted by atomic mass is 35.5. The number of morpholine rings is 1. The number of carbonyl (C=O) groups is 3. The summed E-state index contributed by atoms with van der Waals surface area (Å²) in [5.74, 6) is -0.684. The number of carbonyl (C=O) groups excluding carboxylic acids is 3. The van der Waals surface area contributed by atoms with E-state index in [4.69, 9.17) is 16.3 Å². The van der Waals surface area contributed by atoms with Crippen LogP contribution in [0, 0.1) is 20.8 Å². The van der Waals surface area contributed by atoms with Gasteiger partial charge in [-0.25, -0.2) is 0 Å². The Kier molecular flexibility index (Phi) is 6.46. The molecule has 1 aromatic heterocycles. The average Bonchev–Trinajstić information content (AvgIpc) is 3.20. The van der Waals surface area contributed by atoms with Crippen molar-refractivity contribution in [2.24, 2.45) is 0 Å². The first-order valence-corrected chi connectivity index (χ1v) is 11.5. The zero-order valence-electron chi connectivity index (χ0n) is 18.2. The van der Waals surface area contributed by atoms with E-state index in [1.807, 2.05) is 45.0 Å². The molecule has 3 heterocycles. The van der Waals surface area contributed by atoms with Crippen LogP contribution in [0.5, 0.6) is 0 Å². The molecule has 0 aliphatic carbocycles. The monoisotopic (exact) mass is 473 g/mol. The number of benzene rings is 1. The van der Waals surface area contributed by atoms with Crippen molar-refractivity contribution in [2.75, 3.05) is 32.8 Å². The lowest BCUT2D eigenvalue weighted by Gasteiger charge is -2.28. The van der Waals surface area contributed by atoms with Gasteiger partial charge in [0.05, 0.1) is 18.1 Å². The summed E-state index contributed by atoms with van der Waals surface area (Å²) in [4.78, 5) is 40.8. The number of nitrogens with zero attached hydrogens (tertiary/aromatic N) is 3. The van der Waals surface area contributed by atoms with Gasteiger partial charge >= 0.3 is 0 Å². The number of ether oxygens (including phenoxy) is 1. The first kappa shape index (κ1) is 22.6. The van der Waals surface area contributed by atoms with Crippen LogP contribution >= 0.6 is 23.4 Å². The molecule has 2 aromatic rings. The second-order valence-corrected chi connectivity index (χ2v) is 9.26. The highest BCUT2D eigenvalue weighted by Gasteiger charge is 2.37. The van der Waals surface area contributed by atoms with Crippen molar-refractivity contribution in [3.8, 4) is 5.69 Å². The van der Waals surface area contributed by atoms with Crippen LogP contribution in [0.3, 0.4) is 0 Å². The third kappa shape index (κ3) is 4.35. The molecule has 0 bridgehead atoms. The van der Waals surface area contributed by atoms with Crippen LogP contribution in [0.15, 0.2) is 29.2 Å². The predicted molar refractivity (Wildman–Crippen MR) is 125 cm³/mol. The number of hydrogen-bond donors (Lipinski definition) is 0. The van der Waals surface area contributed by atoms with Gasteiger partial charge in [-0.3, -0.25) is 19.3 Å². The summed E-state index contributed by atoms with van der Waals surface area (Å²) >= 11 is 7.17. The zero-order valence-corrected chi connectivity index (χ0v) is 19.8. The zero-order chi connectivity index (χ0) is 23.0. The SMILES string of the molecule is Cc1ccc(-n2c(C)cc(/C=C3\SC(=O)N(CC(=O)N4CCOCC4)C3=O)c2C)cc1Cl. The molecule has 32 heavy (non-hydrogen) atoms. The van der Waals surface area contributed by atoms with Gasteiger partial charge in [-0.15, -0.1) is 0 Å². The fourth-order valence-electron chi connectivity index (χ4n) is 3.88. The first-order valence-electron chi connectivity index (χ1n) is 10.3. The average molecular weight is 474 g/mol. The quantitative estimate of drug-likeness (QED) is 0.629. The number of imide groups is 1. The van der Waals surface area contributed by atoms with Gasteiger partial charge in [0, 0.05) is 35.2 Å². The van der Waals surface area contributed by atoms with E-state index in [-0.39, 0.29) is 12.5 Å². The maximum Gasteiger partial charge on any atom is 0.294 e. The van der Waals surface area contributed by atoms with E-state index in [1.165, 1.54) is 0 Å². The standard InChI is InChI=1S/C23H24ClN3O4S/c1-14-4-5-18(12-19(14)24)27-15(2)10-17(16(27)3)11-20-22(29)26(23(30)32-20)13-21(28)25-6-8-31-9-7-25/h4-5,10-12H,6-9,13H2,1-3H3/b20-11-. The molecule has 9 heteroatoms. The molecule has 0 saturated carbocycles. The fourth-order valence-corrected chi connectivity index (χ4v) is 4.88. The Morgan fingerprint density at radius 3 is 2.56 bits per heavy atom. The van der Waals surface area contributed by atoms with Crippen molar-refractivity contribution < 1.29 is 19.1 Å². The minimum Gasteiger partial charge on any atom is -0.378 e. The number of hydrogen-bond acceptors (Lipinski definition) is 5. The van der Waals surface area contributed by atoms with Crippen molar-refractivity contribution in [2.45, 2.75) is 20.8 Å². The summed E-state index contributed by atoms with van der Waals surface area (Å²) in [6.45, 7) is 7.52. The van der Waals surface area contributed by atoms with Crippen LogP contribution in [0.25, 0.3) is 11.8 Å². The molecule has 1 aromatic carbocycles. The van der Waals surface area contributed by atoms with Crippen molar-refractivity contribution in [3.05, 3.63) is 56.7 Å². The smallest absolute Gasteiger partial charge is 0.294 e. The Morgan fingerprint density at radius 2 is 1.88 bits per heavy atom. The van der Waals surface area contributed by atoms with Crippen LogP contribution in [0.4, 0.5) is 4.79 Å². The largest absolute Gasteiger partial charge is 0.378 e. The lowest BCUT2D eigenvalue weighted by Crippen LogP contribution is -2.46. The molecule has 2 aliphatic heterocycles. The normalized spacial score (nSPS) is 18.2. The summed E-state index contributed by atoms with van der Waals surface area (Å²) in [6.07, 6.45) is 1.72. The van der Waals surface area contributed by atoms with Crippen LogP contribution < -0.4 is 0 Å². The van der Waals surface area contributed by atoms with Gasteiger partial charge in [0.25, 0.3) is 11.1 Å². The molecule has 0 atom stereocenters. The van der Waals surface area contributed by atoms with Gasteiger partial charge in [0.1, 0.15) is 6.54 Å². The van der Waals surface area contributed by atoms with E-state index in [0.717, 1.165) is 44.9 Å². The minimum absolute atomic E-state index is 0.244. The van der Waals surface area contributed by atoms with Gasteiger partial charge in [-0.2, -0.15) is 0 Å². The minimum atomic E-state index is -0.440. The number of aromatic nitrogens is 1. The van der Waals surface area contributed by atoms with Gasteiger partial charge in [-0.05, 0) is 67.9 Å². The third-order valence-electron chi connectivity index (χ3n) is 5.70. The molecule has 0 radical (unpaired) electrons. The number of thioether (sulfide) groups is 1. The summed E-state index contributed by atoms with van der Waals surface area (Å²) in [7, 11) is 0. The Labute approximate surface area is 195 Å². The highest BCUT2D eigenvalue weighted by molar-refractivity contribution is 8.18. The number of amides is 3. The Bertz CT molecular complexity index is 1130. The molecule has 0 N–H and O–H groups in total. The maximum absolute atomic E-state index is 12.9. The van der Waals surface area contributed by atoms with Crippen molar-refractivity contribution >= 4 is 46.5 Å². The van der Waals surface area contributed by atoms with Crippen LogP contribution in [0.2, 0.25) is 5.02 Å². The van der Waals surface area contributed by atoms with E-state index >= 15 is 0 Å².